The molecule has 2 heteroatoms. The Labute approximate surface area is 48.8 Å². The number of carbonyl (C=O) groups is 1. The van der Waals surface area contributed by atoms with E-state index in [9.17, 15) is 4.79 Å². The third-order valence-electron chi connectivity index (χ3n) is 1.57. The van der Waals surface area contributed by atoms with Crippen molar-refractivity contribution in [2.24, 2.45) is 5.41 Å². The van der Waals surface area contributed by atoms with Gasteiger partial charge < -0.3 is 9.53 Å². The monoisotopic (exact) mass is 114 g/mol. The van der Waals surface area contributed by atoms with Gasteiger partial charge in [-0.25, -0.2) is 0 Å². The van der Waals surface area contributed by atoms with Crippen LogP contribution in [-0.4, -0.2) is 20.0 Å². The van der Waals surface area contributed by atoms with E-state index in [0.29, 0.717) is 6.61 Å². The summed E-state index contributed by atoms with van der Waals surface area (Å²) in [4.78, 5) is 10.2. The van der Waals surface area contributed by atoms with E-state index in [1.165, 1.54) is 0 Å². The normalized spacial score (nSPS) is 22.6. The minimum absolute atomic E-state index is 0.0608. The van der Waals surface area contributed by atoms with Gasteiger partial charge in [0.2, 0.25) is 0 Å². The fraction of sp³-hybridized carbons (Fsp3) is 0.833. The van der Waals surface area contributed by atoms with Crippen LogP contribution >= 0.6 is 0 Å². The molecule has 2 nitrogen and oxygen atoms in total. The molecule has 0 saturated heterocycles. The molecule has 0 N–H and O–H groups in total. The Bertz CT molecular complexity index is 94.7. The number of ether oxygens (including phenoxy) is 1. The van der Waals surface area contributed by atoms with Crippen LogP contribution in [0.2, 0.25) is 0 Å². The summed E-state index contributed by atoms with van der Waals surface area (Å²) < 4.78 is 4.83. The molecule has 1 fully saturated rings. The van der Waals surface area contributed by atoms with Gasteiger partial charge in [-0.1, -0.05) is 0 Å². The van der Waals surface area contributed by atoms with E-state index >= 15 is 0 Å². The molecule has 8 heavy (non-hydrogen) atoms. The predicted molar refractivity (Wildman–Crippen MR) is 29.6 cm³/mol. The van der Waals surface area contributed by atoms with E-state index in [-0.39, 0.29) is 5.41 Å². The van der Waals surface area contributed by atoms with Crippen LogP contribution in [0.5, 0.6) is 0 Å². The number of methoxy groups -OCH3 is 1. The Kier molecular flexibility index (Phi) is 1.34. The second-order valence-corrected chi connectivity index (χ2v) is 2.41. The lowest BCUT2D eigenvalue weighted by molar-refractivity contribution is -0.113. The van der Waals surface area contributed by atoms with Gasteiger partial charge in [-0.3, -0.25) is 0 Å². The van der Waals surface area contributed by atoms with Crippen LogP contribution < -0.4 is 0 Å². The molecule has 0 aromatic rings. The number of rotatable bonds is 3. The van der Waals surface area contributed by atoms with E-state index in [1.54, 1.807) is 7.11 Å². The van der Waals surface area contributed by atoms with Crippen molar-refractivity contribution in [2.75, 3.05) is 13.7 Å². The average molecular weight is 114 g/mol. The van der Waals surface area contributed by atoms with E-state index in [1.807, 2.05) is 0 Å². The number of aldehydes is 1. The average Bonchev–Trinajstić information content (AvgIpc) is 2.50. The Balaban J connectivity index is 2.30. The fourth-order valence-electron chi connectivity index (χ4n) is 0.744. The van der Waals surface area contributed by atoms with Crippen molar-refractivity contribution in [1.82, 2.24) is 0 Å². The Hall–Kier alpha value is -0.370. The van der Waals surface area contributed by atoms with Gasteiger partial charge in [-0.2, -0.15) is 0 Å². The highest BCUT2D eigenvalue weighted by molar-refractivity contribution is 5.63. The SMILES string of the molecule is COCC1(C=O)CC1. The summed E-state index contributed by atoms with van der Waals surface area (Å²) in [5, 5.41) is 0. The molecule has 0 aliphatic heterocycles. The van der Waals surface area contributed by atoms with Crippen molar-refractivity contribution in [3.63, 3.8) is 0 Å². The van der Waals surface area contributed by atoms with Gasteiger partial charge in [0.25, 0.3) is 0 Å². The maximum absolute atomic E-state index is 10.2. The van der Waals surface area contributed by atoms with Crippen molar-refractivity contribution in [2.45, 2.75) is 12.8 Å². The second-order valence-electron chi connectivity index (χ2n) is 2.41. The van der Waals surface area contributed by atoms with Crippen LogP contribution in [0.15, 0.2) is 0 Å². The summed E-state index contributed by atoms with van der Waals surface area (Å²) in [7, 11) is 1.63. The molecule has 0 heterocycles. The van der Waals surface area contributed by atoms with Crippen LogP contribution in [0.3, 0.4) is 0 Å². The first-order valence-electron chi connectivity index (χ1n) is 2.78. The van der Waals surface area contributed by atoms with Crippen molar-refractivity contribution in [3.8, 4) is 0 Å². The van der Waals surface area contributed by atoms with Crippen molar-refractivity contribution in [1.29, 1.82) is 0 Å². The van der Waals surface area contributed by atoms with E-state index in [4.69, 9.17) is 4.74 Å². The molecule has 46 valence electrons. The fourth-order valence-corrected chi connectivity index (χ4v) is 0.744. The van der Waals surface area contributed by atoms with E-state index in [2.05, 4.69) is 0 Å². The second kappa shape index (κ2) is 1.86. The van der Waals surface area contributed by atoms with Gasteiger partial charge in [0, 0.05) is 12.5 Å². The summed E-state index contributed by atoms with van der Waals surface area (Å²) in [5.41, 5.74) is -0.0608. The molecule has 1 aliphatic rings. The molecule has 0 atom stereocenters. The van der Waals surface area contributed by atoms with Crippen molar-refractivity contribution >= 4 is 6.29 Å². The molecule has 0 spiro atoms. The van der Waals surface area contributed by atoms with Crippen molar-refractivity contribution < 1.29 is 9.53 Å². The smallest absolute Gasteiger partial charge is 0.128 e. The first kappa shape index (κ1) is 5.76. The number of hydrogen-bond acceptors (Lipinski definition) is 2. The maximum Gasteiger partial charge on any atom is 0.128 e. The van der Waals surface area contributed by atoms with Gasteiger partial charge in [0.05, 0.1) is 6.61 Å². The zero-order valence-corrected chi connectivity index (χ0v) is 5.02. The summed E-state index contributed by atoms with van der Waals surface area (Å²) >= 11 is 0. The first-order valence-corrected chi connectivity index (χ1v) is 2.78. The van der Waals surface area contributed by atoms with Crippen LogP contribution in [0.4, 0.5) is 0 Å². The highest BCUT2D eigenvalue weighted by Gasteiger charge is 2.42. The van der Waals surface area contributed by atoms with Crippen LogP contribution in [-0.2, 0) is 9.53 Å². The van der Waals surface area contributed by atoms with Crippen LogP contribution in [0.25, 0.3) is 0 Å². The van der Waals surface area contributed by atoms with Crippen LogP contribution in [0.1, 0.15) is 12.8 Å². The Morgan fingerprint density at radius 3 is 2.50 bits per heavy atom. The third-order valence-corrected chi connectivity index (χ3v) is 1.57. The predicted octanol–water partition coefficient (Wildman–Crippen LogP) is 0.612. The molecule has 0 aromatic carbocycles. The van der Waals surface area contributed by atoms with Crippen molar-refractivity contribution in [3.05, 3.63) is 0 Å². The van der Waals surface area contributed by atoms with E-state index < -0.39 is 0 Å². The Morgan fingerprint density at radius 1 is 1.75 bits per heavy atom. The molecule has 1 saturated carbocycles. The van der Waals surface area contributed by atoms with Gasteiger partial charge in [0.15, 0.2) is 0 Å². The molecule has 0 aromatic heterocycles. The lowest BCUT2D eigenvalue weighted by Gasteiger charge is -2.01. The molecule has 0 amide bonds. The highest BCUT2D eigenvalue weighted by Crippen LogP contribution is 2.43. The molecule has 0 radical (unpaired) electrons. The maximum atomic E-state index is 10.2. The highest BCUT2D eigenvalue weighted by atomic mass is 16.5. The quantitative estimate of drug-likeness (QED) is 0.502. The Morgan fingerprint density at radius 2 is 2.38 bits per heavy atom. The third kappa shape index (κ3) is 0.892. The summed E-state index contributed by atoms with van der Waals surface area (Å²) in [5.74, 6) is 0. The van der Waals surface area contributed by atoms with E-state index in [0.717, 1.165) is 19.1 Å². The van der Waals surface area contributed by atoms with Gasteiger partial charge in [-0.05, 0) is 12.8 Å². The van der Waals surface area contributed by atoms with Gasteiger partial charge in [0.1, 0.15) is 6.29 Å². The topological polar surface area (TPSA) is 26.3 Å². The minimum atomic E-state index is -0.0608. The largest absolute Gasteiger partial charge is 0.384 e. The van der Waals surface area contributed by atoms with Gasteiger partial charge >= 0.3 is 0 Å². The zero-order valence-electron chi connectivity index (χ0n) is 5.02. The van der Waals surface area contributed by atoms with Crippen LogP contribution in [0, 0.1) is 5.41 Å². The molecular weight excluding hydrogens is 104 g/mol. The number of carbonyl (C=O) groups excluding carboxylic acids is 1. The summed E-state index contributed by atoms with van der Waals surface area (Å²) in [6.45, 7) is 0.608. The lowest BCUT2D eigenvalue weighted by atomic mass is 10.2. The zero-order chi connectivity index (χ0) is 6.04. The standard InChI is InChI=1S/C6H10O2/c1-8-5-6(4-7)2-3-6/h4H,2-3,5H2,1H3. The molecule has 1 aliphatic carbocycles. The summed E-state index contributed by atoms with van der Waals surface area (Å²) in [6, 6.07) is 0. The lowest BCUT2D eigenvalue weighted by Crippen LogP contribution is -2.09. The molecule has 1 rings (SSSR count). The number of hydrogen-bond donors (Lipinski definition) is 0. The molecular formula is C6H10O2. The first-order chi connectivity index (χ1) is 3.83. The molecule has 0 unspecified atom stereocenters. The minimum Gasteiger partial charge on any atom is -0.384 e. The molecule has 0 bridgehead atoms. The van der Waals surface area contributed by atoms with Gasteiger partial charge in [-0.15, -0.1) is 0 Å². The summed E-state index contributed by atoms with van der Waals surface area (Å²) in [6.07, 6.45) is 3.05.